The molecule has 0 fully saturated rings. The number of ether oxygens (including phenoxy) is 4. The predicted molar refractivity (Wildman–Crippen MR) is 115 cm³/mol. The van der Waals surface area contributed by atoms with Crippen LogP contribution in [-0.2, 0) is 5.41 Å². The van der Waals surface area contributed by atoms with Crippen LogP contribution in [0.25, 0.3) is 0 Å². The Morgan fingerprint density at radius 3 is 2.60 bits per heavy atom. The van der Waals surface area contributed by atoms with Gasteiger partial charge in [0.1, 0.15) is 12.7 Å². The summed E-state index contributed by atoms with van der Waals surface area (Å²) >= 11 is 0. The van der Waals surface area contributed by atoms with Gasteiger partial charge in [0.2, 0.25) is 0 Å². The molecule has 2 aromatic carbocycles. The van der Waals surface area contributed by atoms with Gasteiger partial charge in [0, 0.05) is 12.5 Å². The van der Waals surface area contributed by atoms with Gasteiger partial charge in [-0.1, -0.05) is 18.2 Å². The van der Waals surface area contributed by atoms with Gasteiger partial charge < -0.3 is 24.7 Å². The number of methoxy groups -OCH3 is 2. The topological polar surface area (TPSA) is 86.7 Å². The molecule has 1 heterocycles. The number of fused-ring (bicyclic) bond motifs is 1. The van der Waals surface area contributed by atoms with Crippen molar-refractivity contribution in [1.82, 2.24) is 0 Å². The maximum atomic E-state index is 9.86. The summed E-state index contributed by atoms with van der Waals surface area (Å²) in [4.78, 5) is 0. The summed E-state index contributed by atoms with van der Waals surface area (Å²) in [6, 6.07) is 15.8. The highest BCUT2D eigenvalue weighted by Gasteiger charge is 2.28. The number of nitriles is 1. The van der Waals surface area contributed by atoms with Crippen molar-refractivity contribution in [2.45, 2.75) is 50.2 Å². The molecule has 0 bridgehead atoms. The minimum Gasteiger partial charge on any atom is -0.493 e. The third kappa shape index (κ3) is 4.98. The van der Waals surface area contributed by atoms with Gasteiger partial charge in [0.25, 0.3) is 0 Å². The summed E-state index contributed by atoms with van der Waals surface area (Å²) in [6.45, 7) is 2.46. The van der Waals surface area contributed by atoms with E-state index < -0.39 is 5.41 Å². The van der Waals surface area contributed by atoms with Crippen LogP contribution in [0.3, 0.4) is 0 Å². The van der Waals surface area contributed by atoms with Crippen molar-refractivity contribution in [1.29, 1.82) is 5.26 Å². The molecule has 2 N–H and O–H groups in total. The fourth-order valence-electron chi connectivity index (χ4n) is 3.80. The number of nitrogens with zero attached hydrogens (tertiary/aromatic N) is 1. The lowest BCUT2D eigenvalue weighted by atomic mass is 9.79. The third-order valence-corrected chi connectivity index (χ3v) is 5.65. The van der Waals surface area contributed by atoms with E-state index in [4.69, 9.17) is 24.7 Å². The zero-order chi connectivity index (χ0) is 21.6. The van der Waals surface area contributed by atoms with Crippen LogP contribution in [0, 0.1) is 11.3 Å². The zero-order valence-electron chi connectivity index (χ0n) is 17.9. The Hall–Kier alpha value is -2.91. The third-order valence-electron chi connectivity index (χ3n) is 5.65. The molecule has 2 aromatic rings. The van der Waals surface area contributed by atoms with Crippen molar-refractivity contribution in [2.75, 3.05) is 20.8 Å². The number of nitrogens with two attached hydrogens (primary N) is 1. The second kappa shape index (κ2) is 9.73. The Bertz CT molecular complexity index is 895. The van der Waals surface area contributed by atoms with Crippen LogP contribution in [0.1, 0.15) is 38.2 Å². The van der Waals surface area contributed by atoms with Crippen LogP contribution >= 0.6 is 0 Å². The van der Waals surface area contributed by atoms with E-state index in [0.29, 0.717) is 30.9 Å². The van der Waals surface area contributed by atoms with Crippen molar-refractivity contribution >= 4 is 0 Å². The van der Waals surface area contributed by atoms with Gasteiger partial charge in [0.05, 0.1) is 25.7 Å². The van der Waals surface area contributed by atoms with Gasteiger partial charge in [-0.25, -0.2) is 0 Å². The Morgan fingerprint density at radius 2 is 1.90 bits per heavy atom. The van der Waals surface area contributed by atoms with E-state index in [1.807, 2.05) is 49.4 Å². The Labute approximate surface area is 178 Å². The van der Waals surface area contributed by atoms with Crippen LogP contribution in [0.2, 0.25) is 0 Å². The van der Waals surface area contributed by atoms with Gasteiger partial charge in [-0.15, -0.1) is 0 Å². The van der Waals surface area contributed by atoms with Crippen LogP contribution in [0.4, 0.5) is 0 Å². The van der Waals surface area contributed by atoms with E-state index in [1.54, 1.807) is 14.2 Å². The maximum Gasteiger partial charge on any atom is 0.161 e. The molecule has 0 saturated heterocycles. The van der Waals surface area contributed by atoms with Crippen molar-refractivity contribution in [3.8, 4) is 29.1 Å². The summed E-state index contributed by atoms with van der Waals surface area (Å²) in [7, 11) is 3.20. The molecule has 0 spiro atoms. The van der Waals surface area contributed by atoms with Crippen molar-refractivity contribution in [3.63, 3.8) is 0 Å². The van der Waals surface area contributed by atoms with E-state index in [2.05, 4.69) is 6.07 Å². The van der Waals surface area contributed by atoms with E-state index in [-0.39, 0.29) is 12.1 Å². The first-order valence-corrected chi connectivity index (χ1v) is 10.3. The van der Waals surface area contributed by atoms with Crippen LogP contribution in [0.5, 0.6) is 23.0 Å². The molecule has 3 unspecified atom stereocenters. The lowest BCUT2D eigenvalue weighted by molar-refractivity contribution is 0.0789. The smallest absolute Gasteiger partial charge is 0.161 e. The Balaban J connectivity index is 1.53. The second-order valence-corrected chi connectivity index (χ2v) is 7.90. The van der Waals surface area contributed by atoms with Crippen molar-refractivity contribution in [3.05, 3.63) is 48.0 Å². The van der Waals surface area contributed by atoms with Crippen LogP contribution < -0.4 is 24.7 Å². The molecule has 0 aliphatic carbocycles. The van der Waals surface area contributed by atoms with E-state index in [1.165, 1.54) is 0 Å². The standard InChI is InChI=1S/C24H30N2O4/c1-24(16-25,17-10-11-20(27-2)23(13-17)28-3)12-6-7-18(26)14-19-15-29-21-8-4-5-9-22(21)30-19/h4-5,8-11,13,18-19H,6-7,12,14-15,26H2,1-3H3. The molecule has 160 valence electrons. The van der Waals surface area contributed by atoms with Crippen molar-refractivity contribution < 1.29 is 18.9 Å². The highest BCUT2D eigenvalue weighted by atomic mass is 16.6. The van der Waals surface area contributed by atoms with E-state index in [0.717, 1.165) is 29.9 Å². The molecule has 6 heteroatoms. The maximum absolute atomic E-state index is 9.86. The number of hydrogen-bond acceptors (Lipinski definition) is 6. The first kappa shape index (κ1) is 21.8. The number of hydrogen-bond donors (Lipinski definition) is 1. The summed E-state index contributed by atoms with van der Waals surface area (Å²) in [5.41, 5.74) is 6.65. The van der Waals surface area contributed by atoms with Crippen LogP contribution in [-0.4, -0.2) is 33.0 Å². The molecular weight excluding hydrogens is 380 g/mol. The molecule has 1 aliphatic rings. The molecule has 0 saturated carbocycles. The number of rotatable bonds is 9. The van der Waals surface area contributed by atoms with Gasteiger partial charge in [-0.05, 0) is 56.0 Å². The van der Waals surface area contributed by atoms with E-state index in [9.17, 15) is 5.26 Å². The zero-order valence-corrected chi connectivity index (χ0v) is 17.9. The lowest BCUT2D eigenvalue weighted by Crippen LogP contribution is -2.36. The average Bonchev–Trinajstić information content (AvgIpc) is 2.78. The summed E-state index contributed by atoms with van der Waals surface area (Å²) in [6.07, 6.45) is 3.02. The minimum atomic E-state index is -0.622. The molecule has 1 aliphatic heterocycles. The Morgan fingerprint density at radius 1 is 1.17 bits per heavy atom. The quantitative estimate of drug-likeness (QED) is 0.666. The monoisotopic (exact) mass is 410 g/mol. The van der Waals surface area contributed by atoms with Crippen molar-refractivity contribution in [2.24, 2.45) is 5.73 Å². The molecule has 0 amide bonds. The number of benzene rings is 2. The SMILES string of the molecule is COc1ccc(C(C)(C#N)CCCC(N)CC2COc3ccccc3O2)cc1OC. The minimum absolute atomic E-state index is 0.0165. The molecular formula is C24H30N2O4. The predicted octanol–water partition coefficient (Wildman–Crippen LogP) is 4.21. The Kier molecular flexibility index (Phi) is 7.07. The molecule has 6 nitrogen and oxygen atoms in total. The van der Waals surface area contributed by atoms with Gasteiger partial charge in [0.15, 0.2) is 23.0 Å². The fraction of sp³-hybridized carbons (Fsp3) is 0.458. The normalized spacial score (nSPS) is 18.0. The lowest BCUT2D eigenvalue weighted by Gasteiger charge is -2.28. The second-order valence-electron chi connectivity index (χ2n) is 7.90. The van der Waals surface area contributed by atoms with Gasteiger partial charge in [-0.2, -0.15) is 5.26 Å². The molecule has 0 aromatic heterocycles. The molecule has 3 rings (SSSR count). The molecule has 3 atom stereocenters. The summed E-state index contributed by atoms with van der Waals surface area (Å²) < 4.78 is 22.5. The van der Waals surface area contributed by atoms with Gasteiger partial charge >= 0.3 is 0 Å². The van der Waals surface area contributed by atoms with Crippen LogP contribution in [0.15, 0.2) is 42.5 Å². The van der Waals surface area contributed by atoms with E-state index >= 15 is 0 Å². The summed E-state index contributed by atoms with van der Waals surface area (Å²) in [5, 5.41) is 9.86. The van der Waals surface area contributed by atoms with Gasteiger partial charge in [-0.3, -0.25) is 0 Å². The fourth-order valence-corrected chi connectivity index (χ4v) is 3.80. The average molecular weight is 411 g/mol. The highest BCUT2D eigenvalue weighted by Crippen LogP contribution is 2.36. The summed E-state index contributed by atoms with van der Waals surface area (Å²) in [5.74, 6) is 2.83. The largest absolute Gasteiger partial charge is 0.493 e. The molecule has 30 heavy (non-hydrogen) atoms. The first-order valence-electron chi connectivity index (χ1n) is 10.3. The number of para-hydroxylation sites is 2. The molecule has 0 radical (unpaired) electrons. The first-order chi connectivity index (χ1) is 14.5. The highest BCUT2D eigenvalue weighted by molar-refractivity contribution is 5.46.